The molecule has 0 heterocycles. The van der Waals surface area contributed by atoms with Gasteiger partial charge in [-0.25, -0.2) is 0 Å². The molecule has 0 radical (unpaired) electrons. The molecule has 1 atom stereocenters. The van der Waals surface area contributed by atoms with Gasteiger partial charge in [-0.05, 0) is 64.6 Å². The van der Waals surface area contributed by atoms with Crippen LogP contribution in [0.1, 0.15) is 17.2 Å². The highest BCUT2D eigenvalue weighted by molar-refractivity contribution is 14.1. The van der Waals surface area contributed by atoms with Gasteiger partial charge in [-0.1, -0.05) is 30.3 Å². The molecule has 1 unspecified atom stereocenters. The average Bonchev–Trinajstić information content (AvgIpc) is 2.41. The van der Waals surface area contributed by atoms with E-state index < -0.39 is 0 Å². The first-order valence-corrected chi connectivity index (χ1v) is 8.14. The maximum Gasteiger partial charge on any atom is 0.0346 e. The zero-order chi connectivity index (χ0) is 13.0. The number of rotatable bonds is 4. The van der Waals surface area contributed by atoms with Crippen LogP contribution in [0.25, 0.3) is 0 Å². The van der Waals surface area contributed by atoms with Crippen molar-refractivity contribution in [3.8, 4) is 0 Å². The van der Waals surface area contributed by atoms with Gasteiger partial charge in [0, 0.05) is 14.5 Å². The Morgan fingerprint density at radius 1 is 1.11 bits per heavy atom. The SMILES string of the molecule is CSc1ccccc1C(N)Cc1ccc(I)cc1. The molecule has 2 rings (SSSR count). The third-order valence-corrected chi connectivity index (χ3v) is 4.44. The van der Waals surface area contributed by atoms with Crippen LogP contribution in [0.3, 0.4) is 0 Å². The molecule has 3 heteroatoms. The van der Waals surface area contributed by atoms with Gasteiger partial charge in [0.1, 0.15) is 0 Å². The summed E-state index contributed by atoms with van der Waals surface area (Å²) in [5.74, 6) is 0. The maximum atomic E-state index is 6.33. The highest BCUT2D eigenvalue weighted by Crippen LogP contribution is 2.26. The molecule has 1 nitrogen and oxygen atoms in total. The van der Waals surface area contributed by atoms with Crippen LogP contribution < -0.4 is 5.73 Å². The van der Waals surface area contributed by atoms with E-state index in [1.165, 1.54) is 19.6 Å². The summed E-state index contributed by atoms with van der Waals surface area (Å²) in [7, 11) is 0. The Kier molecular flexibility index (Phi) is 5.09. The largest absolute Gasteiger partial charge is 0.324 e. The van der Waals surface area contributed by atoms with Crippen LogP contribution in [-0.4, -0.2) is 6.26 Å². The number of thioether (sulfide) groups is 1. The molecule has 2 aromatic carbocycles. The number of benzene rings is 2. The third kappa shape index (κ3) is 3.49. The summed E-state index contributed by atoms with van der Waals surface area (Å²) in [6.45, 7) is 0. The molecule has 0 aliphatic heterocycles. The van der Waals surface area contributed by atoms with Gasteiger partial charge in [0.25, 0.3) is 0 Å². The van der Waals surface area contributed by atoms with E-state index in [0.29, 0.717) is 0 Å². The van der Waals surface area contributed by atoms with Crippen molar-refractivity contribution in [3.63, 3.8) is 0 Å². The first-order valence-electron chi connectivity index (χ1n) is 5.83. The Morgan fingerprint density at radius 3 is 2.44 bits per heavy atom. The second kappa shape index (κ2) is 6.59. The molecule has 0 spiro atoms. The van der Waals surface area contributed by atoms with Crippen molar-refractivity contribution in [2.75, 3.05) is 6.26 Å². The van der Waals surface area contributed by atoms with Crippen LogP contribution in [0.15, 0.2) is 53.4 Å². The highest BCUT2D eigenvalue weighted by atomic mass is 127. The second-order valence-corrected chi connectivity index (χ2v) is 6.27. The topological polar surface area (TPSA) is 26.0 Å². The minimum Gasteiger partial charge on any atom is -0.324 e. The lowest BCUT2D eigenvalue weighted by atomic mass is 10.00. The van der Waals surface area contributed by atoms with Gasteiger partial charge < -0.3 is 5.73 Å². The standard InChI is InChI=1S/C15H16INS/c1-18-15-5-3-2-4-13(15)14(17)10-11-6-8-12(16)9-7-11/h2-9,14H,10,17H2,1H3. The monoisotopic (exact) mass is 369 g/mol. The van der Waals surface area contributed by atoms with Crippen molar-refractivity contribution in [2.24, 2.45) is 5.73 Å². The van der Waals surface area contributed by atoms with Crippen LogP contribution in [-0.2, 0) is 6.42 Å². The number of nitrogens with two attached hydrogens (primary N) is 1. The van der Waals surface area contributed by atoms with E-state index in [0.717, 1.165) is 6.42 Å². The van der Waals surface area contributed by atoms with E-state index in [9.17, 15) is 0 Å². The highest BCUT2D eigenvalue weighted by Gasteiger charge is 2.10. The maximum absolute atomic E-state index is 6.33. The summed E-state index contributed by atoms with van der Waals surface area (Å²) in [5.41, 5.74) is 8.86. The van der Waals surface area contributed by atoms with Crippen molar-refractivity contribution in [3.05, 3.63) is 63.2 Å². The van der Waals surface area contributed by atoms with E-state index in [-0.39, 0.29) is 6.04 Å². The Balaban J connectivity index is 2.16. The predicted octanol–water partition coefficient (Wildman–Crippen LogP) is 4.26. The first kappa shape index (κ1) is 13.9. The van der Waals surface area contributed by atoms with Crippen LogP contribution in [0.5, 0.6) is 0 Å². The quantitative estimate of drug-likeness (QED) is 0.644. The van der Waals surface area contributed by atoms with Crippen LogP contribution in [0.4, 0.5) is 0 Å². The van der Waals surface area contributed by atoms with Crippen molar-refractivity contribution in [1.29, 1.82) is 0 Å². The van der Waals surface area contributed by atoms with Crippen LogP contribution >= 0.6 is 34.4 Å². The molecule has 0 bridgehead atoms. The lowest BCUT2D eigenvalue weighted by Gasteiger charge is -2.15. The van der Waals surface area contributed by atoms with Gasteiger partial charge in [-0.3, -0.25) is 0 Å². The number of halogens is 1. The average molecular weight is 369 g/mol. The van der Waals surface area contributed by atoms with E-state index in [1.807, 2.05) is 0 Å². The molecular weight excluding hydrogens is 353 g/mol. The normalized spacial score (nSPS) is 12.4. The molecule has 18 heavy (non-hydrogen) atoms. The van der Waals surface area contributed by atoms with E-state index in [1.54, 1.807) is 11.8 Å². The van der Waals surface area contributed by atoms with Crippen molar-refractivity contribution >= 4 is 34.4 Å². The molecule has 0 fully saturated rings. The molecule has 2 aromatic rings. The minimum absolute atomic E-state index is 0.0636. The first-order chi connectivity index (χ1) is 8.70. The summed E-state index contributed by atoms with van der Waals surface area (Å²) < 4.78 is 1.26. The fraction of sp³-hybridized carbons (Fsp3) is 0.200. The van der Waals surface area contributed by atoms with Gasteiger partial charge in [0.05, 0.1) is 0 Å². The summed E-state index contributed by atoms with van der Waals surface area (Å²) >= 11 is 4.07. The Bertz CT molecular complexity index is 510. The Labute approximate surface area is 126 Å². The van der Waals surface area contributed by atoms with Gasteiger partial charge in [0.2, 0.25) is 0 Å². The molecule has 0 amide bonds. The Morgan fingerprint density at radius 2 is 1.78 bits per heavy atom. The third-order valence-electron chi connectivity index (χ3n) is 2.91. The Hall–Kier alpha value is -0.520. The van der Waals surface area contributed by atoms with Crippen molar-refractivity contribution in [2.45, 2.75) is 17.4 Å². The molecule has 0 saturated carbocycles. The molecular formula is C15H16INS. The zero-order valence-electron chi connectivity index (χ0n) is 10.3. The van der Waals surface area contributed by atoms with Gasteiger partial charge in [-0.15, -0.1) is 11.8 Å². The summed E-state index contributed by atoms with van der Waals surface area (Å²) in [6.07, 6.45) is 2.98. The van der Waals surface area contributed by atoms with E-state index >= 15 is 0 Å². The summed E-state index contributed by atoms with van der Waals surface area (Å²) in [6, 6.07) is 17.0. The predicted molar refractivity (Wildman–Crippen MR) is 88.0 cm³/mol. The number of hydrogen-bond donors (Lipinski definition) is 1. The van der Waals surface area contributed by atoms with E-state index in [4.69, 9.17) is 5.73 Å². The lowest BCUT2D eigenvalue weighted by Crippen LogP contribution is -2.14. The van der Waals surface area contributed by atoms with Crippen molar-refractivity contribution in [1.82, 2.24) is 0 Å². The second-order valence-electron chi connectivity index (χ2n) is 4.18. The fourth-order valence-electron chi connectivity index (χ4n) is 1.96. The fourth-order valence-corrected chi connectivity index (χ4v) is 2.99. The van der Waals surface area contributed by atoms with Gasteiger partial charge in [-0.2, -0.15) is 0 Å². The summed E-state index contributed by atoms with van der Waals surface area (Å²) in [5, 5.41) is 0. The molecule has 2 N–H and O–H groups in total. The molecule has 0 aliphatic rings. The van der Waals surface area contributed by atoms with Crippen molar-refractivity contribution < 1.29 is 0 Å². The molecule has 0 aromatic heterocycles. The number of hydrogen-bond acceptors (Lipinski definition) is 2. The summed E-state index contributed by atoms with van der Waals surface area (Å²) in [4.78, 5) is 1.27. The van der Waals surface area contributed by atoms with Crippen LogP contribution in [0.2, 0.25) is 0 Å². The van der Waals surface area contributed by atoms with Gasteiger partial charge >= 0.3 is 0 Å². The molecule has 0 saturated heterocycles. The van der Waals surface area contributed by atoms with E-state index in [2.05, 4.69) is 77.4 Å². The minimum atomic E-state index is 0.0636. The molecule has 0 aliphatic carbocycles. The van der Waals surface area contributed by atoms with Crippen LogP contribution in [0, 0.1) is 3.57 Å². The molecule has 94 valence electrons. The smallest absolute Gasteiger partial charge is 0.0346 e. The zero-order valence-corrected chi connectivity index (χ0v) is 13.2. The lowest BCUT2D eigenvalue weighted by molar-refractivity contribution is 0.708. The van der Waals surface area contributed by atoms with Gasteiger partial charge in [0.15, 0.2) is 0 Å².